The highest BCUT2D eigenvalue weighted by molar-refractivity contribution is 14.1. The summed E-state index contributed by atoms with van der Waals surface area (Å²) < 4.78 is 11.7. The van der Waals surface area contributed by atoms with Crippen LogP contribution in [0.25, 0.3) is 0 Å². The van der Waals surface area contributed by atoms with Crippen LogP contribution < -0.4 is 4.74 Å². The lowest BCUT2D eigenvalue weighted by Gasteiger charge is -2.30. The van der Waals surface area contributed by atoms with Gasteiger partial charge in [0, 0.05) is 10.1 Å². The molecule has 0 radical (unpaired) electrons. The van der Waals surface area contributed by atoms with Crippen LogP contribution in [-0.2, 0) is 9.53 Å². The van der Waals surface area contributed by atoms with Crippen molar-refractivity contribution in [3.8, 4) is 5.75 Å². The fraction of sp³-hybridized carbons (Fsp3) is 0.562. The molecule has 1 aliphatic heterocycles. The van der Waals surface area contributed by atoms with Gasteiger partial charge in [0.1, 0.15) is 5.75 Å². The Bertz CT molecular complexity index is 459. The lowest BCUT2D eigenvalue weighted by atomic mass is 9.97. The number of hydrogen-bond acceptors (Lipinski definition) is 4. The first-order chi connectivity index (χ1) is 10.2. The molecule has 1 saturated heterocycles. The molecule has 4 nitrogen and oxygen atoms in total. The Morgan fingerprint density at radius 2 is 2.14 bits per heavy atom. The summed E-state index contributed by atoms with van der Waals surface area (Å²) >= 11 is 2.29. The molecule has 1 aromatic carbocycles. The minimum Gasteiger partial charge on any atom is -0.494 e. The number of halogens is 1. The Morgan fingerprint density at radius 1 is 1.38 bits per heavy atom. The molecule has 116 valence electrons. The highest BCUT2D eigenvalue weighted by Gasteiger charge is 2.25. The topological polar surface area (TPSA) is 38.8 Å². The van der Waals surface area contributed by atoms with Crippen molar-refractivity contribution in [1.82, 2.24) is 4.90 Å². The third kappa shape index (κ3) is 5.47. The highest BCUT2D eigenvalue weighted by atomic mass is 127. The fourth-order valence-corrected chi connectivity index (χ4v) is 3.11. The third-order valence-corrected chi connectivity index (χ3v) is 4.48. The van der Waals surface area contributed by atoms with Crippen molar-refractivity contribution in [3.05, 3.63) is 27.8 Å². The predicted molar refractivity (Wildman–Crippen MR) is 90.5 cm³/mol. The number of methoxy groups -OCH3 is 1. The minimum atomic E-state index is -0.0586. The normalized spacial score (nSPS) is 16.7. The average Bonchev–Trinajstić information content (AvgIpc) is 2.51. The summed E-state index contributed by atoms with van der Waals surface area (Å²) in [5, 5.41) is 0. The van der Waals surface area contributed by atoms with E-state index >= 15 is 0 Å². The Labute approximate surface area is 139 Å². The average molecular weight is 403 g/mol. The van der Waals surface area contributed by atoms with Gasteiger partial charge in [0.2, 0.25) is 0 Å². The van der Waals surface area contributed by atoms with E-state index in [1.54, 1.807) is 0 Å². The number of carbonyl (C=O) groups is 1. The number of hydrogen-bond donors (Lipinski definition) is 0. The Kier molecular flexibility index (Phi) is 6.76. The predicted octanol–water partition coefficient (Wildman–Crippen LogP) is 2.95. The Balaban J connectivity index is 1.61. The van der Waals surface area contributed by atoms with Gasteiger partial charge in [-0.15, -0.1) is 0 Å². The molecule has 1 aromatic rings. The number of carbonyl (C=O) groups excluding carboxylic acids is 1. The molecule has 0 spiro atoms. The van der Waals surface area contributed by atoms with Gasteiger partial charge in [-0.3, -0.25) is 4.79 Å². The summed E-state index contributed by atoms with van der Waals surface area (Å²) in [7, 11) is 1.47. The maximum atomic E-state index is 11.5. The standard InChI is InChI=1S/C16H22INO3/c1-20-16(19)13-6-9-18(10-7-13)8-3-11-21-15-5-2-4-14(17)12-15/h2,4-5,12-13H,3,6-11H2,1H3. The van der Waals surface area contributed by atoms with Crippen LogP contribution in [0.1, 0.15) is 19.3 Å². The van der Waals surface area contributed by atoms with Crippen molar-refractivity contribution in [1.29, 1.82) is 0 Å². The van der Waals surface area contributed by atoms with Gasteiger partial charge >= 0.3 is 5.97 Å². The molecule has 1 aliphatic rings. The van der Waals surface area contributed by atoms with Crippen LogP contribution in [0.5, 0.6) is 5.75 Å². The number of benzene rings is 1. The summed E-state index contributed by atoms with van der Waals surface area (Å²) in [6, 6.07) is 8.10. The number of likely N-dealkylation sites (tertiary alicyclic amines) is 1. The SMILES string of the molecule is COC(=O)C1CCN(CCCOc2cccc(I)c2)CC1. The van der Waals surface area contributed by atoms with Gasteiger partial charge in [-0.2, -0.15) is 0 Å². The molecular weight excluding hydrogens is 381 g/mol. The molecule has 0 N–H and O–H groups in total. The van der Waals surface area contributed by atoms with E-state index in [4.69, 9.17) is 9.47 Å². The Hall–Kier alpha value is -0.820. The van der Waals surface area contributed by atoms with Crippen LogP contribution >= 0.6 is 22.6 Å². The molecule has 0 bridgehead atoms. The first-order valence-corrected chi connectivity index (χ1v) is 8.45. The first-order valence-electron chi connectivity index (χ1n) is 7.37. The second-order valence-corrected chi connectivity index (χ2v) is 6.54. The van der Waals surface area contributed by atoms with Crippen LogP contribution in [0.3, 0.4) is 0 Å². The molecule has 0 aromatic heterocycles. The van der Waals surface area contributed by atoms with Crippen molar-refractivity contribution in [3.63, 3.8) is 0 Å². The fourth-order valence-electron chi connectivity index (χ4n) is 2.59. The molecule has 2 rings (SSSR count). The van der Waals surface area contributed by atoms with E-state index in [0.717, 1.165) is 51.3 Å². The van der Waals surface area contributed by atoms with Crippen LogP contribution in [0.4, 0.5) is 0 Å². The van der Waals surface area contributed by atoms with Gasteiger partial charge < -0.3 is 14.4 Å². The number of piperidine rings is 1. The van der Waals surface area contributed by atoms with Gasteiger partial charge in [-0.25, -0.2) is 0 Å². The van der Waals surface area contributed by atoms with Gasteiger partial charge in [-0.05, 0) is 73.1 Å². The minimum absolute atomic E-state index is 0.0586. The van der Waals surface area contributed by atoms with E-state index in [2.05, 4.69) is 33.6 Å². The van der Waals surface area contributed by atoms with Crippen molar-refractivity contribution in [2.45, 2.75) is 19.3 Å². The van der Waals surface area contributed by atoms with Crippen molar-refractivity contribution < 1.29 is 14.3 Å². The summed E-state index contributed by atoms with van der Waals surface area (Å²) in [6.45, 7) is 3.71. The van der Waals surface area contributed by atoms with Gasteiger partial charge in [-0.1, -0.05) is 6.07 Å². The molecule has 0 saturated carbocycles. The maximum Gasteiger partial charge on any atom is 0.308 e. The molecule has 0 unspecified atom stereocenters. The molecule has 0 atom stereocenters. The van der Waals surface area contributed by atoms with Crippen molar-refractivity contribution >= 4 is 28.6 Å². The summed E-state index contributed by atoms with van der Waals surface area (Å²) in [6.07, 6.45) is 2.82. The van der Waals surface area contributed by atoms with E-state index < -0.39 is 0 Å². The number of nitrogens with zero attached hydrogens (tertiary/aromatic N) is 1. The molecule has 1 heterocycles. The molecule has 1 fully saturated rings. The highest BCUT2D eigenvalue weighted by Crippen LogP contribution is 2.19. The zero-order chi connectivity index (χ0) is 15.1. The molecule has 21 heavy (non-hydrogen) atoms. The van der Waals surface area contributed by atoms with E-state index in [0.29, 0.717) is 0 Å². The zero-order valence-electron chi connectivity index (χ0n) is 12.4. The van der Waals surface area contributed by atoms with E-state index in [9.17, 15) is 4.79 Å². The lowest BCUT2D eigenvalue weighted by molar-refractivity contribution is -0.147. The number of esters is 1. The molecule has 5 heteroatoms. The van der Waals surface area contributed by atoms with E-state index in [1.807, 2.05) is 18.2 Å². The number of ether oxygens (including phenoxy) is 2. The lowest BCUT2D eigenvalue weighted by Crippen LogP contribution is -2.37. The first kappa shape index (κ1) is 16.5. The van der Waals surface area contributed by atoms with Crippen LogP contribution in [0, 0.1) is 9.49 Å². The van der Waals surface area contributed by atoms with Crippen LogP contribution in [0.2, 0.25) is 0 Å². The maximum absolute atomic E-state index is 11.5. The number of rotatable bonds is 6. The molecule has 0 amide bonds. The summed E-state index contributed by atoms with van der Waals surface area (Å²) in [5.74, 6) is 0.969. The third-order valence-electron chi connectivity index (χ3n) is 3.81. The summed E-state index contributed by atoms with van der Waals surface area (Å²) in [4.78, 5) is 13.9. The zero-order valence-corrected chi connectivity index (χ0v) is 14.5. The van der Waals surface area contributed by atoms with E-state index in [1.165, 1.54) is 10.7 Å². The smallest absolute Gasteiger partial charge is 0.308 e. The second kappa shape index (κ2) is 8.58. The van der Waals surface area contributed by atoms with Crippen LogP contribution in [-0.4, -0.2) is 44.2 Å². The van der Waals surface area contributed by atoms with Crippen molar-refractivity contribution in [2.24, 2.45) is 5.92 Å². The summed E-state index contributed by atoms with van der Waals surface area (Å²) in [5.41, 5.74) is 0. The van der Waals surface area contributed by atoms with E-state index in [-0.39, 0.29) is 11.9 Å². The Morgan fingerprint density at radius 3 is 2.81 bits per heavy atom. The van der Waals surface area contributed by atoms with Gasteiger partial charge in [0.05, 0.1) is 19.6 Å². The van der Waals surface area contributed by atoms with Gasteiger partial charge in [0.25, 0.3) is 0 Å². The largest absolute Gasteiger partial charge is 0.494 e. The molecule has 0 aliphatic carbocycles. The quantitative estimate of drug-likeness (QED) is 0.416. The van der Waals surface area contributed by atoms with Gasteiger partial charge in [0.15, 0.2) is 0 Å². The molecular formula is C16H22INO3. The second-order valence-electron chi connectivity index (χ2n) is 5.30. The van der Waals surface area contributed by atoms with Crippen LogP contribution in [0.15, 0.2) is 24.3 Å². The monoisotopic (exact) mass is 403 g/mol. The van der Waals surface area contributed by atoms with Crippen molar-refractivity contribution in [2.75, 3.05) is 33.4 Å².